The summed E-state index contributed by atoms with van der Waals surface area (Å²) in [5, 5.41) is 0. The normalized spacial score (nSPS) is 10.4. The first-order valence-electron chi connectivity index (χ1n) is 9.67. The zero-order chi connectivity index (χ0) is 19.3. The van der Waals surface area contributed by atoms with Crippen molar-refractivity contribution in [2.45, 2.75) is 39.0 Å². The molecular formula is C22H30N2O3. The Kier molecular flexibility index (Phi) is 9.18. The van der Waals surface area contributed by atoms with Gasteiger partial charge in [0.15, 0.2) is 0 Å². The Hall–Kier alpha value is -2.56. The number of methoxy groups -OCH3 is 1. The second-order valence-electron chi connectivity index (χ2n) is 6.45. The molecule has 1 aromatic heterocycles. The summed E-state index contributed by atoms with van der Waals surface area (Å²) in [6, 6.07) is 14.1. The van der Waals surface area contributed by atoms with Gasteiger partial charge in [0.1, 0.15) is 18.2 Å². The number of carbonyl (C=O) groups excluding carboxylic acids is 1. The van der Waals surface area contributed by atoms with Crippen molar-refractivity contribution < 1.29 is 14.3 Å². The largest absolute Gasteiger partial charge is 0.492 e. The molecule has 5 nitrogen and oxygen atoms in total. The molecule has 0 aliphatic heterocycles. The first kappa shape index (κ1) is 20.7. The summed E-state index contributed by atoms with van der Waals surface area (Å²) in [6.45, 7) is 4.59. The molecule has 0 bridgehead atoms. The maximum absolute atomic E-state index is 11.1. The average molecular weight is 370 g/mol. The van der Waals surface area contributed by atoms with E-state index in [2.05, 4.69) is 33.7 Å². The monoisotopic (exact) mass is 370 g/mol. The first-order valence-corrected chi connectivity index (χ1v) is 9.67. The van der Waals surface area contributed by atoms with Gasteiger partial charge in [0.2, 0.25) is 0 Å². The Bertz CT molecular complexity index is 659. The van der Waals surface area contributed by atoms with Crippen LogP contribution in [-0.2, 0) is 16.0 Å². The number of esters is 1. The van der Waals surface area contributed by atoms with Gasteiger partial charge in [-0.3, -0.25) is 4.79 Å². The molecule has 0 spiro atoms. The van der Waals surface area contributed by atoms with Gasteiger partial charge in [-0.25, -0.2) is 4.98 Å². The maximum atomic E-state index is 11.1. The molecule has 0 saturated heterocycles. The molecule has 1 heterocycles. The molecule has 0 amide bonds. The van der Waals surface area contributed by atoms with E-state index in [-0.39, 0.29) is 5.97 Å². The number of unbranched alkanes of at least 4 members (excludes halogenated alkanes) is 1. The minimum Gasteiger partial charge on any atom is -0.492 e. The Balaban J connectivity index is 1.78. The summed E-state index contributed by atoms with van der Waals surface area (Å²) in [4.78, 5) is 17.9. The Morgan fingerprint density at radius 3 is 2.56 bits per heavy atom. The van der Waals surface area contributed by atoms with Gasteiger partial charge in [0.05, 0.1) is 13.7 Å². The molecule has 2 aromatic rings. The third kappa shape index (κ3) is 7.69. The van der Waals surface area contributed by atoms with Gasteiger partial charge in [-0.2, -0.15) is 0 Å². The van der Waals surface area contributed by atoms with Crippen molar-refractivity contribution in [3.8, 4) is 5.75 Å². The van der Waals surface area contributed by atoms with Crippen LogP contribution in [0.5, 0.6) is 5.75 Å². The lowest BCUT2D eigenvalue weighted by Gasteiger charge is -2.23. The van der Waals surface area contributed by atoms with Crippen LogP contribution in [0.15, 0.2) is 48.7 Å². The second kappa shape index (κ2) is 11.9. The number of rotatable bonds is 12. The number of hydrogen-bond donors (Lipinski definition) is 0. The number of benzene rings is 1. The Morgan fingerprint density at radius 2 is 1.89 bits per heavy atom. The quantitative estimate of drug-likeness (QED) is 0.523. The number of hydrogen-bond acceptors (Lipinski definition) is 5. The molecule has 0 aliphatic rings. The number of ether oxygens (including phenoxy) is 2. The summed E-state index contributed by atoms with van der Waals surface area (Å²) in [7, 11) is 1.42. The van der Waals surface area contributed by atoms with E-state index >= 15 is 0 Å². The van der Waals surface area contributed by atoms with Crippen LogP contribution in [0.3, 0.4) is 0 Å². The number of carbonyl (C=O) groups is 1. The van der Waals surface area contributed by atoms with Crippen molar-refractivity contribution in [3.63, 3.8) is 0 Å². The second-order valence-corrected chi connectivity index (χ2v) is 6.45. The lowest BCUT2D eigenvalue weighted by Crippen LogP contribution is -2.30. The highest BCUT2D eigenvalue weighted by atomic mass is 16.5. The molecule has 2 rings (SSSR count). The molecule has 0 fully saturated rings. The fourth-order valence-corrected chi connectivity index (χ4v) is 2.80. The van der Waals surface area contributed by atoms with E-state index in [4.69, 9.17) is 4.74 Å². The molecule has 0 aliphatic carbocycles. The minimum atomic E-state index is -0.157. The van der Waals surface area contributed by atoms with Crippen molar-refractivity contribution in [2.24, 2.45) is 0 Å². The van der Waals surface area contributed by atoms with Gasteiger partial charge in [-0.15, -0.1) is 0 Å². The van der Waals surface area contributed by atoms with Crippen LogP contribution in [0, 0.1) is 0 Å². The minimum absolute atomic E-state index is 0.157. The van der Waals surface area contributed by atoms with Gasteiger partial charge in [-0.1, -0.05) is 31.5 Å². The summed E-state index contributed by atoms with van der Waals surface area (Å²) in [6.07, 6.45) is 6.23. The molecule has 0 N–H and O–H groups in total. The van der Waals surface area contributed by atoms with Crippen LogP contribution in [0.25, 0.3) is 0 Å². The highest BCUT2D eigenvalue weighted by Gasteiger charge is 2.07. The molecule has 0 saturated carbocycles. The molecule has 27 heavy (non-hydrogen) atoms. The van der Waals surface area contributed by atoms with Gasteiger partial charge in [0.25, 0.3) is 0 Å². The Labute approximate surface area is 162 Å². The lowest BCUT2D eigenvalue weighted by atomic mass is 10.1. The van der Waals surface area contributed by atoms with Crippen LogP contribution in [0.4, 0.5) is 5.82 Å². The van der Waals surface area contributed by atoms with Crippen molar-refractivity contribution in [2.75, 3.05) is 31.7 Å². The predicted octanol–water partition coefficient (Wildman–Crippen LogP) is 4.26. The summed E-state index contributed by atoms with van der Waals surface area (Å²) < 4.78 is 10.6. The lowest BCUT2D eigenvalue weighted by molar-refractivity contribution is -0.140. The van der Waals surface area contributed by atoms with Crippen LogP contribution < -0.4 is 9.64 Å². The van der Waals surface area contributed by atoms with Crippen LogP contribution in [0.1, 0.15) is 38.2 Å². The van der Waals surface area contributed by atoms with E-state index in [1.165, 1.54) is 12.7 Å². The van der Waals surface area contributed by atoms with Gasteiger partial charge in [-0.05, 0) is 49.1 Å². The van der Waals surface area contributed by atoms with Gasteiger partial charge in [0, 0.05) is 19.2 Å². The molecule has 146 valence electrons. The maximum Gasteiger partial charge on any atom is 0.305 e. The van der Waals surface area contributed by atoms with Crippen LogP contribution in [0.2, 0.25) is 0 Å². The molecule has 0 radical (unpaired) electrons. The zero-order valence-corrected chi connectivity index (χ0v) is 16.4. The smallest absolute Gasteiger partial charge is 0.305 e. The first-order chi connectivity index (χ1) is 13.2. The fraction of sp³-hybridized carbons (Fsp3) is 0.455. The van der Waals surface area contributed by atoms with E-state index in [0.717, 1.165) is 50.3 Å². The summed E-state index contributed by atoms with van der Waals surface area (Å²) in [5.74, 6) is 1.70. The van der Waals surface area contributed by atoms with Crippen molar-refractivity contribution in [3.05, 3.63) is 54.2 Å². The van der Waals surface area contributed by atoms with E-state index in [9.17, 15) is 4.79 Å². The van der Waals surface area contributed by atoms with Crippen molar-refractivity contribution in [1.29, 1.82) is 0 Å². The Morgan fingerprint density at radius 1 is 1.07 bits per heavy atom. The topological polar surface area (TPSA) is 51.7 Å². The van der Waals surface area contributed by atoms with Crippen LogP contribution >= 0.6 is 0 Å². The standard InChI is InChI=1S/C22H30N2O3/c1-3-4-16-24(21-9-5-6-15-23-21)17-18-27-20-13-11-19(12-14-20)8-7-10-22(25)26-2/h5-6,9,11-15H,3-4,7-8,10,16-18H2,1-2H3. The van der Waals surface area contributed by atoms with E-state index in [0.29, 0.717) is 13.0 Å². The predicted molar refractivity (Wildman–Crippen MR) is 108 cm³/mol. The zero-order valence-electron chi connectivity index (χ0n) is 16.4. The number of pyridine rings is 1. The van der Waals surface area contributed by atoms with Crippen molar-refractivity contribution in [1.82, 2.24) is 4.98 Å². The van der Waals surface area contributed by atoms with E-state index in [1.54, 1.807) is 0 Å². The van der Waals surface area contributed by atoms with Gasteiger partial charge < -0.3 is 14.4 Å². The highest BCUT2D eigenvalue weighted by molar-refractivity contribution is 5.69. The number of aromatic nitrogens is 1. The SMILES string of the molecule is CCCCN(CCOc1ccc(CCCC(=O)OC)cc1)c1ccccn1. The molecule has 0 unspecified atom stereocenters. The molecule has 1 aromatic carbocycles. The number of nitrogens with zero attached hydrogens (tertiary/aromatic N) is 2. The highest BCUT2D eigenvalue weighted by Crippen LogP contribution is 2.15. The van der Waals surface area contributed by atoms with Crippen LogP contribution in [-0.4, -0.2) is 37.8 Å². The summed E-state index contributed by atoms with van der Waals surface area (Å²) in [5.41, 5.74) is 1.20. The molecule has 0 atom stereocenters. The van der Waals surface area contributed by atoms with E-state index < -0.39 is 0 Å². The number of anilines is 1. The molecular weight excluding hydrogens is 340 g/mol. The summed E-state index contributed by atoms with van der Waals surface area (Å²) >= 11 is 0. The fourth-order valence-electron chi connectivity index (χ4n) is 2.80. The third-order valence-electron chi connectivity index (χ3n) is 4.38. The van der Waals surface area contributed by atoms with Gasteiger partial charge >= 0.3 is 5.97 Å². The van der Waals surface area contributed by atoms with Crippen molar-refractivity contribution >= 4 is 11.8 Å². The number of aryl methyl sites for hydroxylation is 1. The average Bonchev–Trinajstić information content (AvgIpc) is 2.72. The third-order valence-corrected chi connectivity index (χ3v) is 4.38. The molecule has 5 heteroatoms. The van der Waals surface area contributed by atoms with E-state index in [1.807, 2.05) is 36.5 Å².